The third-order valence-electron chi connectivity index (χ3n) is 3.87. The molecule has 3 nitrogen and oxygen atoms in total. The maximum absolute atomic E-state index is 14.0. The summed E-state index contributed by atoms with van der Waals surface area (Å²) in [5.41, 5.74) is -1.95. The van der Waals surface area contributed by atoms with Crippen LogP contribution >= 0.6 is 0 Å². The normalized spacial score (nSPS) is 25.2. The Morgan fingerprint density at radius 1 is 1.19 bits per heavy atom. The van der Waals surface area contributed by atoms with Crippen molar-refractivity contribution in [3.8, 4) is 0 Å². The van der Waals surface area contributed by atoms with Crippen molar-refractivity contribution in [3.63, 3.8) is 0 Å². The minimum atomic E-state index is -4.82. The number of likely N-dealkylation sites (tertiary alicyclic amines) is 1. The lowest BCUT2D eigenvalue weighted by atomic mass is 10.1. The Balaban J connectivity index is 1.88. The fourth-order valence-corrected chi connectivity index (χ4v) is 2.87. The molecule has 2 unspecified atom stereocenters. The monoisotopic (exact) mass is 303 g/mol. The zero-order chi connectivity index (χ0) is 15.2. The highest BCUT2D eigenvalue weighted by molar-refractivity contribution is 5.95. The van der Waals surface area contributed by atoms with Gasteiger partial charge in [-0.15, -0.1) is 0 Å². The number of benzene rings is 1. The summed E-state index contributed by atoms with van der Waals surface area (Å²) in [6, 6.07) is 2.77. The number of amides is 1. The minimum absolute atomic E-state index is 0.0958. The zero-order valence-electron chi connectivity index (χ0n) is 11.0. The first-order valence-corrected chi connectivity index (χ1v) is 6.66. The fraction of sp³-hybridized carbons (Fsp3) is 0.500. The Labute approximate surface area is 118 Å². The third-order valence-corrected chi connectivity index (χ3v) is 3.87. The van der Waals surface area contributed by atoms with E-state index in [0.29, 0.717) is 19.2 Å². The van der Waals surface area contributed by atoms with Crippen LogP contribution in [0.15, 0.2) is 18.2 Å². The summed E-state index contributed by atoms with van der Waals surface area (Å²) in [5.74, 6) is -2.22. The second kappa shape index (κ2) is 4.98. The molecule has 21 heavy (non-hydrogen) atoms. The van der Waals surface area contributed by atoms with Gasteiger partial charge in [0, 0.05) is 13.1 Å². The van der Waals surface area contributed by atoms with Gasteiger partial charge < -0.3 is 9.64 Å². The van der Waals surface area contributed by atoms with Gasteiger partial charge in [-0.05, 0) is 25.0 Å². The van der Waals surface area contributed by atoms with Crippen molar-refractivity contribution in [2.75, 3.05) is 13.1 Å². The van der Waals surface area contributed by atoms with Crippen LogP contribution in [0, 0.1) is 5.82 Å². The number of alkyl halides is 3. The van der Waals surface area contributed by atoms with E-state index in [1.165, 1.54) is 4.90 Å². The summed E-state index contributed by atoms with van der Waals surface area (Å²) < 4.78 is 57.6. The molecule has 0 aromatic heterocycles. The molecule has 2 atom stereocenters. The van der Waals surface area contributed by atoms with Crippen LogP contribution in [0.2, 0.25) is 0 Å². The average Bonchev–Trinajstić information content (AvgIpc) is 2.75. The summed E-state index contributed by atoms with van der Waals surface area (Å²) in [4.78, 5) is 13.7. The van der Waals surface area contributed by atoms with Gasteiger partial charge in [-0.2, -0.15) is 13.2 Å². The largest absolute Gasteiger partial charge is 0.419 e. The van der Waals surface area contributed by atoms with Gasteiger partial charge in [0.25, 0.3) is 5.91 Å². The molecule has 2 aliphatic heterocycles. The van der Waals surface area contributed by atoms with Gasteiger partial charge >= 0.3 is 6.18 Å². The van der Waals surface area contributed by atoms with Crippen LogP contribution in [0.3, 0.4) is 0 Å². The van der Waals surface area contributed by atoms with Crippen molar-refractivity contribution in [3.05, 3.63) is 35.1 Å². The maximum atomic E-state index is 14.0. The van der Waals surface area contributed by atoms with Crippen LogP contribution in [-0.4, -0.2) is 36.1 Å². The smallest absolute Gasteiger partial charge is 0.371 e. The SMILES string of the molecule is O=C(c1cccc(C(F)(F)F)c1F)N1CC2CCC(C1)O2. The molecule has 2 saturated heterocycles. The Kier molecular flexibility index (Phi) is 3.39. The summed E-state index contributed by atoms with van der Waals surface area (Å²) >= 11 is 0. The minimum Gasteiger partial charge on any atom is -0.371 e. The van der Waals surface area contributed by atoms with Gasteiger partial charge in [-0.3, -0.25) is 4.79 Å². The van der Waals surface area contributed by atoms with Gasteiger partial charge in [-0.25, -0.2) is 4.39 Å². The van der Waals surface area contributed by atoms with E-state index in [1.807, 2.05) is 0 Å². The molecular formula is C14H13F4NO2. The lowest BCUT2D eigenvalue weighted by molar-refractivity contribution is -0.140. The number of halogens is 4. The molecule has 2 bridgehead atoms. The number of nitrogens with zero attached hydrogens (tertiary/aromatic N) is 1. The van der Waals surface area contributed by atoms with Crippen molar-refractivity contribution in [2.45, 2.75) is 31.2 Å². The van der Waals surface area contributed by atoms with E-state index in [1.54, 1.807) is 0 Å². The molecule has 0 saturated carbocycles. The number of hydrogen-bond acceptors (Lipinski definition) is 2. The van der Waals surface area contributed by atoms with Crippen molar-refractivity contribution >= 4 is 5.91 Å². The molecule has 2 aliphatic rings. The Bertz CT molecular complexity index is 561. The molecule has 1 aromatic rings. The van der Waals surface area contributed by atoms with Gasteiger partial charge in [0.2, 0.25) is 0 Å². The van der Waals surface area contributed by atoms with Gasteiger partial charge in [0.15, 0.2) is 0 Å². The predicted molar refractivity (Wildman–Crippen MR) is 65.2 cm³/mol. The maximum Gasteiger partial charge on any atom is 0.419 e. The Hall–Kier alpha value is -1.63. The van der Waals surface area contributed by atoms with Gasteiger partial charge in [-0.1, -0.05) is 6.07 Å². The Morgan fingerprint density at radius 3 is 2.38 bits per heavy atom. The van der Waals surface area contributed by atoms with Crippen LogP contribution in [0.4, 0.5) is 17.6 Å². The van der Waals surface area contributed by atoms with Gasteiger partial charge in [0.1, 0.15) is 5.82 Å². The number of morpholine rings is 1. The fourth-order valence-electron chi connectivity index (χ4n) is 2.87. The second-order valence-corrected chi connectivity index (χ2v) is 5.33. The first-order valence-electron chi connectivity index (χ1n) is 6.66. The summed E-state index contributed by atoms with van der Waals surface area (Å²) in [6.07, 6.45) is -3.37. The summed E-state index contributed by atoms with van der Waals surface area (Å²) in [7, 11) is 0. The van der Waals surface area contributed by atoms with Gasteiger partial charge in [0.05, 0.1) is 23.3 Å². The van der Waals surface area contributed by atoms with Crippen molar-refractivity contribution in [2.24, 2.45) is 0 Å². The highest BCUT2D eigenvalue weighted by Gasteiger charge is 2.39. The van der Waals surface area contributed by atoms with Crippen LogP contribution in [0.5, 0.6) is 0 Å². The number of fused-ring (bicyclic) bond motifs is 2. The van der Waals surface area contributed by atoms with Crippen LogP contribution < -0.4 is 0 Å². The lowest BCUT2D eigenvalue weighted by Crippen LogP contribution is -2.46. The Morgan fingerprint density at radius 2 is 1.81 bits per heavy atom. The molecule has 1 amide bonds. The van der Waals surface area contributed by atoms with E-state index in [0.717, 1.165) is 25.0 Å². The molecular weight excluding hydrogens is 290 g/mol. The third kappa shape index (κ3) is 2.62. The first-order chi connectivity index (χ1) is 9.86. The van der Waals surface area contributed by atoms with E-state index in [4.69, 9.17) is 4.74 Å². The summed E-state index contributed by atoms with van der Waals surface area (Å²) in [5, 5.41) is 0. The molecule has 114 valence electrons. The molecule has 0 N–H and O–H groups in total. The van der Waals surface area contributed by atoms with Crippen molar-refractivity contribution < 1.29 is 27.1 Å². The quantitative estimate of drug-likeness (QED) is 0.747. The molecule has 2 heterocycles. The molecule has 2 fully saturated rings. The number of carbonyl (C=O) groups excluding carboxylic acids is 1. The highest BCUT2D eigenvalue weighted by atomic mass is 19.4. The highest BCUT2D eigenvalue weighted by Crippen LogP contribution is 2.33. The van der Waals surface area contributed by atoms with Crippen molar-refractivity contribution in [1.82, 2.24) is 4.90 Å². The summed E-state index contributed by atoms with van der Waals surface area (Å²) in [6.45, 7) is 0.593. The van der Waals surface area contributed by atoms with E-state index < -0.39 is 29.0 Å². The molecule has 1 aromatic carbocycles. The van der Waals surface area contributed by atoms with Crippen molar-refractivity contribution in [1.29, 1.82) is 0 Å². The average molecular weight is 303 g/mol. The molecule has 3 rings (SSSR count). The van der Waals surface area contributed by atoms with Crippen LogP contribution in [0.1, 0.15) is 28.8 Å². The topological polar surface area (TPSA) is 29.5 Å². The van der Waals surface area contributed by atoms with E-state index >= 15 is 0 Å². The molecule has 7 heteroatoms. The van der Waals surface area contributed by atoms with E-state index in [9.17, 15) is 22.4 Å². The first kappa shape index (κ1) is 14.3. The predicted octanol–water partition coefficient (Wildman–Crippen LogP) is 2.85. The second-order valence-electron chi connectivity index (χ2n) is 5.33. The number of rotatable bonds is 1. The number of hydrogen-bond donors (Lipinski definition) is 0. The number of carbonyl (C=O) groups is 1. The van der Waals surface area contributed by atoms with E-state index in [2.05, 4.69) is 0 Å². The number of ether oxygens (including phenoxy) is 1. The van der Waals surface area contributed by atoms with Crippen LogP contribution in [0.25, 0.3) is 0 Å². The lowest BCUT2D eigenvalue weighted by Gasteiger charge is -2.32. The zero-order valence-corrected chi connectivity index (χ0v) is 11.0. The standard InChI is InChI=1S/C14H13F4NO2/c15-12-10(2-1-3-11(12)14(16,17)18)13(20)19-6-8-4-5-9(7-19)21-8/h1-3,8-9H,4-7H2. The molecule has 0 aliphatic carbocycles. The van der Waals surface area contributed by atoms with E-state index in [-0.39, 0.29) is 12.2 Å². The van der Waals surface area contributed by atoms with Crippen LogP contribution in [-0.2, 0) is 10.9 Å². The molecule has 0 spiro atoms. The molecule has 0 radical (unpaired) electrons.